The molecule has 3 N–H and O–H groups in total. The standard InChI is InChI=1S/C24H22N8S/c1-14-11-19(25)18-13-16(6-8-21(18)27-14)28-22-29-23(31-24(30-22)33-3)32(2)17-7-9-20-15(12-17)5-4-10-26-20/h4-13H,1-3H3,(H2,25,27)(H,28,29,30,31). The predicted molar refractivity (Wildman–Crippen MR) is 136 cm³/mol. The molecule has 0 spiro atoms. The maximum absolute atomic E-state index is 6.21. The minimum absolute atomic E-state index is 0.455. The molecule has 5 aromatic rings. The second-order valence-electron chi connectivity index (χ2n) is 7.59. The first kappa shape index (κ1) is 20.9. The van der Waals surface area contributed by atoms with Gasteiger partial charge < -0.3 is 16.0 Å². The molecule has 0 bridgehead atoms. The van der Waals surface area contributed by atoms with Gasteiger partial charge in [-0.15, -0.1) is 0 Å². The molecule has 2 aromatic carbocycles. The van der Waals surface area contributed by atoms with E-state index >= 15 is 0 Å². The molecule has 0 aliphatic carbocycles. The van der Waals surface area contributed by atoms with E-state index in [1.165, 1.54) is 11.8 Å². The van der Waals surface area contributed by atoms with Crippen LogP contribution in [0.5, 0.6) is 0 Å². The second-order valence-corrected chi connectivity index (χ2v) is 8.37. The molecule has 0 radical (unpaired) electrons. The van der Waals surface area contributed by atoms with Crippen LogP contribution in [-0.2, 0) is 0 Å². The Morgan fingerprint density at radius 1 is 0.939 bits per heavy atom. The van der Waals surface area contributed by atoms with Crippen molar-refractivity contribution in [2.24, 2.45) is 0 Å². The summed E-state index contributed by atoms with van der Waals surface area (Å²) >= 11 is 1.46. The van der Waals surface area contributed by atoms with E-state index in [0.717, 1.165) is 38.9 Å². The van der Waals surface area contributed by atoms with Crippen molar-refractivity contribution in [2.75, 3.05) is 29.3 Å². The molecule has 8 nitrogen and oxygen atoms in total. The minimum Gasteiger partial charge on any atom is -0.398 e. The molecule has 0 aliphatic rings. The number of nitrogens with one attached hydrogen (secondary N) is 1. The molecule has 0 atom stereocenters. The predicted octanol–water partition coefficient (Wildman–Crippen LogP) is 5.09. The summed E-state index contributed by atoms with van der Waals surface area (Å²) < 4.78 is 0. The van der Waals surface area contributed by atoms with Crippen LogP contribution >= 0.6 is 11.8 Å². The van der Waals surface area contributed by atoms with Gasteiger partial charge in [-0.1, -0.05) is 17.8 Å². The van der Waals surface area contributed by atoms with Gasteiger partial charge in [0, 0.05) is 46.8 Å². The molecule has 0 amide bonds. The highest BCUT2D eigenvalue weighted by atomic mass is 32.2. The normalized spacial score (nSPS) is 11.1. The fraction of sp³-hybridized carbons (Fsp3) is 0.125. The lowest BCUT2D eigenvalue weighted by atomic mass is 10.1. The molecule has 3 aromatic heterocycles. The zero-order valence-corrected chi connectivity index (χ0v) is 19.3. The zero-order chi connectivity index (χ0) is 22.9. The number of anilines is 5. The molecule has 33 heavy (non-hydrogen) atoms. The van der Waals surface area contributed by atoms with Crippen LogP contribution in [-0.4, -0.2) is 38.2 Å². The number of benzene rings is 2. The lowest BCUT2D eigenvalue weighted by Crippen LogP contribution is -2.15. The topological polar surface area (TPSA) is 106 Å². The van der Waals surface area contributed by atoms with Gasteiger partial charge in [0.2, 0.25) is 11.9 Å². The molecule has 164 valence electrons. The van der Waals surface area contributed by atoms with Crippen molar-refractivity contribution in [3.63, 3.8) is 0 Å². The maximum Gasteiger partial charge on any atom is 0.235 e. The summed E-state index contributed by atoms with van der Waals surface area (Å²) in [6, 6.07) is 17.7. The van der Waals surface area contributed by atoms with Gasteiger partial charge in [-0.2, -0.15) is 15.0 Å². The van der Waals surface area contributed by atoms with E-state index in [1.807, 2.05) is 73.7 Å². The summed E-state index contributed by atoms with van der Waals surface area (Å²) in [6.07, 6.45) is 3.73. The van der Waals surface area contributed by atoms with Crippen molar-refractivity contribution in [3.05, 3.63) is 66.5 Å². The highest BCUT2D eigenvalue weighted by molar-refractivity contribution is 7.98. The molecular formula is C24H22N8S. The van der Waals surface area contributed by atoms with Crippen LogP contribution in [0.2, 0.25) is 0 Å². The Kier molecular flexibility index (Phi) is 5.39. The van der Waals surface area contributed by atoms with Gasteiger partial charge in [-0.25, -0.2) is 0 Å². The summed E-state index contributed by atoms with van der Waals surface area (Å²) in [7, 11) is 1.94. The number of pyridine rings is 2. The van der Waals surface area contributed by atoms with Crippen LogP contribution in [0.4, 0.5) is 29.0 Å². The van der Waals surface area contributed by atoms with Gasteiger partial charge in [0.05, 0.1) is 11.0 Å². The van der Waals surface area contributed by atoms with Crippen molar-refractivity contribution in [3.8, 4) is 0 Å². The molecule has 3 heterocycles. The number of nitrogen functional groups attached to an aromatic ring is 1. The Morgan fingerprint density at radius 3 is 2.64 bits per heavy atom. The van der Waals surface area contributed by atoms with E-state index in [4.69, 9.17) is 5.73 Å². The van der Waals surface area contributed by atoms with E-state index in [0.29, 0.717) is 22.7 Å². The van der Waals surface area contributed by atoms with Crippen LogP contribution in [0.25, 0.3) is 21.8 Å². The van der Waals surface area contributed by atoms with Gasteiger partial charge in [0.25, 0.3) is 0 Å². The Hall–Kier alpha value is -3.98. The van der Waals surface area contributed by atoms with Crippen LogP contribution in [0.3, 0.4) is 0 Å². The van der Waals surface area contributed by atoms with Crippen molar-refractivity contribution in [2.45, 2.75) is 12.1 Å². The Bertz CT molecular complexity index is 1490. The molecule has 0 unspecified atom stereocenters. The van der Waals surface area contributed by atoms with Crippen LogP contribution in [0.1, 0.15) is 5.69 Å². The number of thioether (sulfide) groups is 1. The lowest BCUT2D eigenvalue weighted by molar-refractivity contribution is 0.889. The lowest BCUT2D eigenvalue weighted by Gasteiger charge is -2.19. The number of nitrogens with two attached hydrogens (primary N) is 1. The van der Waals surface area contributed by atoms with Crippen molar-refractivity contribution < 1.29 is 0 Å². The number of rotatable bonds is 5. The summed E-state index contributed by atoms with van der Waals surface area (Å²) in [6.45, 7) is 1.93. The Morgan fingerprint density at radius 2 is 1.79 bits per heavy atom. The SMILES string of the molecule is CSc1nc(Nc2ccc3nc(C)cc(N)c3c2)nc(N(C)c2ccc3ncccc3c2)n1. The Balaban J connectivity index is 1.49. The summed E-state index contributed by atoms with van der Waals surface area (Å²) in [5.74, 6) is 0.995. The fourth-order valence-electron chi connectivity index (χ4n) is 3.63. The third kappa shape index (κ3) is 4.22. The molecule has 0 aliphatic heterocycles. The minimum atomic E-state index is 0.455. The average molecular weight is 455 g/mol. The van der Waals surface area contributed by atoms with Crippen molar-refractivity contribution >= 4 is 62.5 Å². The molecule has 5 rings (SSSR count). The van der Waals surface area contributed by atoms with Gasteiger partial charge in [0.15, 0.2) is 5.16 Å². The third-order valence-electron chi connectivity index (χ3n) is 5.28. The number of hydrogen-bond donors (Lipinski definition) is 2. The molecule has 0 fully saturated rings. The smallest absolute Gasteiger partial charge is 0.235 e. The molecule has 0 saturated heterocycles. The highest BCUT2D eigenvalue weighted by Gasteiger charge is 2.13. The molecule has 0 saturated carbocycles. The average Bonchev–Trinajstić information content (AvgIpc) is 2.83. The van der Waals surface area contributed by atoms with Gasteiger partial charge in [-0.05, 0) is 61.7 Å². The number of aryl methyl sites for hydroxylation is 1. The van der Waals surface area contributed by atoms with E-state index in [1.54, 1.807) is 6.20 Å². The van der Waals surface area contributed by atoms with Gasteiger partial charge >= 0.3 is 0 Å². The Labute approximate surface area is 195 Å². The summed E-state index contributed by atoms with van der Waals surface area (Å²) in [5, 5.41) is 5.85. The quantitative estimate of drug-likeness (QED) is 0.351. The van der Waals surface area contributed by atoms with Crippen LogP contribution < -0.4 is 16.0 Å². The largest absolute Gasteiger partial charge is 0.398 e. The first-order valence-corrected chi connectivity index (χ1v) is 11.5. The summed E-state index contributed by atoms with van der Waals surface area (Å²) in [4.78, 5) is 24.7. The number of nitrogens with zero attached hydrogens (tertiary/aromatic N) is 6. The molecular weight excluding hydrogens is 432 g/mol. The van der Waals surface area contributed by atoms with E-state index < -0.39 is 0 Å². The van der Waals surface area contributed by atoms with Gasteiger partial charge in [0.1, 0.15) is 0 Å². The first-order valence-electron chi connectivity index (χ1n) is 10.3. The van der Waals surface area contributed by atoms with E-state index in [2.05, 4.69) is 36.3 Å². The highest BCUT2D eigenvalue weighted by Crippen LogP contribution is 2.28. The second kappa shape index (κ2) is 8.51. The van der Waals surface area contributed by atoms with Crippen LogP contribution in [0.15, 0.2) is 66.0 Å². The molecule has 9 heteroatoms. The fourth-order valence-corrected chi connectivity index (χ4v) is 3.98. The number of hydrogen-bond acceptors (Lipinski definition) is 9. The van der Waals surface area contributed by atoms with Crippen molar-refractivity contribution in [1.82, 2.24) is 24.9 Å². The number of fused-ring (bicyclic) bond motifs is 2. The van der Waals surface area contributed by atoms with E-state index in [9.17, 15) is 0 Å². The summed E-state index contributed by atoms with van der Waals surface area (Å²) in [5.41, 5.74) is 11.4. The monoisotopic (exact) mass is 454 g/mol. The third-order valence-corrected chi connectivity index (χ3v) is 5.83. The zero-order valence-electron chi connectivity index (χ0n) is 18.4. The maximum atomic E-state index is 6.21. The van der Waals surface area contributed by atoms with Crippen LogP contribution in [0, 0.1) is 6.92 Å². The van der Waals surface area contributed by atoms with Crippen molar-refractivity contribution in [1.29, 1.82) is 0 Å². The van der Waals surface area contributed by atoms with Gasteiger partial charge in [-0.3, -0.25) is 9.97 Å². The number of aromatic nitrogens is 5. The first-order chi connectivity index (χ1) is 16.0. The van der Waals surface area contributed by atoms with E-state index in [-0.39, 0.29) is 0 Å².